The number of aryl methyl sites for hydroxylation is 1. The lowest BCUT2D eigenvalue weighted by Gasteiger charge is -2.34. The molecule has 9 heteroatoms. The molecular weight excluding hydrogens is 537 g/mol. The molecule has 3 fully saturated rings. The zero-order valence-corrected chi connectivity index (χ0v) is 23.2. The number of anilines is 1. The van der Waals surface area contributed by atoms with Crippen LogP contribution >= 0.6 is 23.2 Å². The number of hydrogen-bond donors (Lipinski definition) is 2. The summed E-state index contributed by atoms with van der Waals surface area (Å²) < 4.78 is 6.44. The van der Waals surface area contributed by atoms with Crippen LogP contribution in [0.5, 0.6) is 0 Å². The maximum Gasteiger partial charge on any atom is 0.246 e. The van der Waals surface area contributed by atoms with Gasteiger partial charge in [0.1, 0.15) is 11.6 Å². The van der Waals surface area contributed by atoms with E-state index in [1.807, 2.05) is 43.3 Å². The second-order valence-electron chi connectivity index (χ2n) is 11.1. The molecule has 2 N–H and O–H groups in total. The zero-order valence-electron chi connectivity index (χ0n) is 21.7. The Morgan fingerprint density at radius 1 is 1.03 bits per heavy atom. The molecule has 204 valence electrons. The molecule has 3 aliphatic heterocycles. The van der Waals surface area contributed by atoms with Gasteiger partial charge in [-0.05, 0) is 43.5 Å². The van der Waals surface area contributed by atoms with Crippen molar-refractivity contribution in [3.8, 4) is 0 Å². The highest BCUT2D eigenvalue weighted by Crippen LogP contribution is 2.55. The molecule has 0 aromatic heterocycles. The second-order valence-corrected chi connectivity index (χ2v) is 12.0. The van der Waals surface area contributed by atoms with Gasteiger partial charge in [-0.15, -0.1) is 0 Å². The number of benzene rings is 2. The number of ether oxygens (including phenoxy) is 1. The fourth-order valence-corrected chi connectivity index (χ4v) is 7.23. The van der Waals surface area contributed by atoms with Gasteiger partial charge in [-0.25, -0.2) is 0 Å². The molecule has 6 rings (SSSR count). The van der Waals surface area contributed by atoms with Crippen molar-refractivity contribution in [2.75, 3.05) is 5.32 Å². The normalized spacial score (nSPS) is 29.5. The standard InChI is InChI=1S/C30H31Cl2N3O4/c1-17-7-9-18(10-8-17)16-35-26(28(37)33-21-5-3-2-4-6-21)30-12-11-23(39-30)24(25(30)29(35)38)27(36)34-22-14-19(31)13-20(32)15-22/h7-15,21,23-26H,2-6,16H2,1H3,(H,33,37)(H,34,36)/t23-,24+,25-,26+,30-/m0/s1. The molecule has 7 nitrogen and oxygen atoms in total. The van der Waals surface area contributed by atoms with E-state index in [1.165, 1.54) is 6.42 Å². The van der Waals surface area contributed by atoms with Gasteiger partial charge < -0.3 is 20.3 Å². The molecule has 2 bridgehead atoms. The first-order chi connectivity index (χ1) is 18.7. The van der Waals surface area contributed by atoms with Crippen LogP contribution in [0.15, 0.2) is 54.6 Å². The number of nitrogens with zero attached hydrogens (tertiary/aromatic N) is 1. The van der Waals surface area contributed by atoms with Crippen molar-refractivity contribution in [1.82, 2.24) is 10.2 Å². The van der Waals surface area contributed by atoms with Gasteiger partial charge >= 0.3 is 0 Å². The lowest BCUT2D eigenvalue weighted by Crippen LogP contribution is -2.56. The zero-order chi connectivity index (χ0) is 27.3. The van der Waals surface area contributed by atoms with E-state index >= 15 is 0 Å². The Balaban J connectivity index is 1.32. The van der Waals surface area contributed by atoms with Crippen LogP contribution in [0.1, 0.15) is 43.2 Å². The van der Waals surface area contributed by atoms with E-state index in [1.54, 1.807) is 23.1 Å². The van der Waals surface area contributed by atoms with Gasteiger partial charge in [0.15, 0.2) is 0 Å². The minimum Gasteiger partial charge on any atom is -0.359 e. The number of halogens is 2. The topological polar surface area (TPSA) is 87.7 Å². The Bertz CT molecular complexity index is 1320. The van der Waals surface area contributed by atoms with E-state index in [-0.39, 0.29) is 30.3 Å². The monoisotopic (exact) mass is 567 g/mol. The predicted octanol–water partition coefficient (Wildman–Crippen LogP) is 5.04. The summed E-state index contributed by atoms with van der Waals surface area (Å²) in [5.74, 6) is -2.47. The largest absolute Gasteiger partial charge is 0.359 e. The van der Waals surface area contributed by atoms with Gasteiger partial charge in [0.2, 0.25) is 17.7 Å². The molecule has 3 amide bonds. The second kappa shape index (κ2) is 10.3. The highest BCUT2D eigenvalue weighted by molar-refractivity contribution is 6.35. The highest BCUT2D eigenvalue weighted by atomic mass is 35.5. The number of likely N-dealkylation sites (tertiary alicyclic amines) is 1. The fourth-order valence-electron chi connectivity index (χ4n) is 6.71. The summed E-state index contributed by atoms with van der Waals surface area (Å²) in [5.41, 5.74) is 1.25. The van der Waals surface area contributed by atoms with Crippen LogP contribution in [0.25, 0.3) is 0 Å². The Morgan fingerprint density at radius 2 is 1.72 bits per heavy atom. The average molecular weight is 569 g/mol. The van der Waals surface area contributed by atoms with E-state index in [0.717, 1.165) is 36.8 Å². The molecule has 1 saturated carbocycles. The maximum absolute atomic E-state index is 14.1. The van der Waals surface area contributed by atoms with Crippen LogP contribution in [0, 0.1) is 18.8 Å². The molecule has 5 atom stereocenters. The summed E-state index contributed by atoms with van der Waals surface area (Å²) in [7, 11) is 0. The van der Waals surface area contributed by atoms with Gasteiger partial charge in [-0.3, -0.25) is 14.4 Å². The first-order valence-electron chi connectivity index (χ1n) is 13.6. The number of amides is 3. The number of rotatable bonds is 6. The molecule has 1 aliphatic carbocycles. The van der Waals surface area contributed by atoms with Gasteiger partial charge in [0, 0.05) is 28.3 Å². The summed E-state index contributed by atoms with van der Waals surface area (Å²) in [6, 6.07) is 11.9. The van der Waals surface area contributed by atoms with Crippen molar-refractivity contribution in [3.05, 3.63) is 75.8 Å². The van der Waals surface area contributed by atoms with Crippen LogP contribution in [0.4, 0.5) is 5.69 Å². The van der Waals surface area contributed by atoms with Crippen molar-refractivity contribution >= 4 is 46.6 Å². The summed E-state index contributed by atoms with van der Waals surface area (Å²) in [4.78, 5) is 43.3. The Labute approximate surface area is 237 Å². The minimum absolute atomic E-state index is 0.0762. The Hall–Kier alpha value is -2.87. The van der Waals surface area contributed by atoms with Gasteiger partial charge in [0.25, 0.3) is 0 Å². The Morgan fingerprint density at radius 3 is 2.41 bits per heavy atom. The van der Waals surface area contributed by atoms with E-state index in [9.17, 15) is 14.4 Å². The first-order valence-corrected chi connectivity index (χ1v) is 14.3. The smallest absolute Gasteiger partial charge is 0.246 e. The molecule has 2 aromatic rings. The van der Waals surface area contributed by atoms with Crippen LogP contribution in [0.2, 0.25) is 10.0 Å². The van der Waals surface area contributed by atoms with Crippen LogP contribution in [-0.2, 0) is 25.7 Å². The fraction of sp³-hybridized carbons (Fsp3) is 0.433. The van der Waals surface area contributed by atoms with Crippen molar-refractivity contribution in [2.24, 2.45) is 11.8 Å². The molecule has 3 heterocycles. The van der Waals surface area contributed by atoms with Crippen molar-refractivity contribution in [1.29, 1.82) is 0 Å². The van der Waals surface area contributed by atoms with Crippen LogP contribution in [-0.4, -0.2) is 46.4 Å². The average Bonchev–Trinajstić information content (AvgIpc) is 3.53. The number of hydrogen-bond acceptors (Lipinski definition) is 4. The summed E-state index contributed by atoms with van der Waals surface area (Å²) >= 11 is 12.3. The van der Waals surface area contributed by atoms with Crippen LogP contribution < -0.4 is 10.6 Å². The lowest BCUT2D eigenvalue weighted by molar-refractivity contribution is -0.142. The Kier molecular flexibility index (Phi) is 6.94. The molecule has 0 radical (unpaired) electrons. The summed E-state index contributed by atoms with van der Waals surface area (Å²) in [5, 5.41) is 6.86. The lowest BCUT2D eigenvalue weighted by atomic mass is 9.74. The molecule has 2 saturated heterocycles. The maximum atomic E-state index is 14.1. The molecule has 4 aliphatic rings. The third-order valence-corrected chi connectivity index (χ3v) is 8.92. The van der Waals surface area contributed by atoms with Crippen LogP contribution in [0.3, 0.4) is 0 Å². The number of carbonyl (C=O) groups excluding carboxylic acids is 3. The number of nitrogens with one attached hydrogen (secondary N) is 2. The minimum atomic E-state index is -1.21. The van der Waals surface area contributed by atoms with E-state index in [2.05, 4.69) is 10.6 Å². The van der Waals surface area contributed by atoms with Crippen molar-refractivity contribution in [3.63, 3.8) is 0 Å². The number of fused-ring (bicyclic) bond motifs is 1. The van der Waals surface area contributed by atoms with Crippen molar-refractivity contribution in [2.45, 2.75) is 69.4 Å². The quantitative estimate of drug-likeness (QED) is 0.478. The summed E-state index contributed by atoms with van der Waals surface area (Å²) in [6.07, 6.45) is 8.20. The van der Waals surface area contributed by atoms with Gasteiger partial charge in [-0.1, -0.05) is 84.4 Å². The van der Waals surface area contributed by atoms with Crippen molar-refractivity contribution < 1.29 is 19.1 Å². The third-order valence-electron chi connectivity index (χ3n) is 8.48. The highest BCUT2D eigenvalue weighted by Gasteiger charge is 2.72. The van der Waals surface area contributed by atoms with Gasteiger partial charge in [-0.2, -0.15) is 0 Å². The van der Waals surface area contributed by atoms with Gasteiger partial charge in [0.05, 0.1) is 17.9 Å². The first kappa shape index (κ1) is 26.4. The van der Waals surface area contributed by atoms with E-state index in [4.69, 9.17) is 27.9 Å². The molecular formula is C30H31Cl2N3O4. The molecule has 2 aromatic carbocycles. The molecule has 39 heavy (non-hydrogen) atoms. The number of carbonyl (C=O) groups is 3. The predicted molar refractivity (Wildman–Crippen MR) is 149 cm³/mol. The third kappa shape index (κ3) is 4.75. The van der Waals surface area contributed by atoms with E-state index in [0.29, 0.717) is 15.7 Å². The molecule has 1 spiro atoms. The SMILES string of the molecule is Cc1ccc(CN2C(=O)[C@@H]3[C@H](C(=O)Nc4cc(Cl)cc(Cl)c4)[C@@H]4C=C[C@@]3(O4)[C@H]2C(=O)NC2CCCCC2)cc1. The molecule has 0 unspecified atom stereocenters. The summed E-state index contributed by atoms with van der Waals surface area (Å²) in [6.45, 7) is 2.25. The van der Waals surface area contributed by atoms with E-state index < -0.39 is 29.6 Å².